The van der Waals surface area contributed by atoms with E-state index in [-0.39, 0.29) is 29.4 Å². The fourth-order valence-corrected chi connectivity index (χ4v) is 2.72. The summed E-state index contributed by atoms with van der Waals surface area (Å²) < 4.78 is 10.5. The van der Waals surface area contributed by atoms with Gasteiger partial charge in [-0.2, -0.15) is 0 Å². The minimum Gasteiger partial charge on any atom is -0.507 e. The first kappa shape index (κ1) is 20.4. The van der Waals surface area contributed by atoms with Gasteiger partial charge in [0, 0.05) is 6.07 Å². The molecular weight excluding hydrogens is 348 g/mol. The number of rotatable bonds is 10. The van der Waals surface area contributed by atoms with Gasteiger partial charge in [0.15, 0.2) is 11.5 Å². The first-order chi connectivity index (χ1) is 13.0. The molecule has 2 aromatic rings. The normalized spacial score (nSPS) is 10.6. The zero-order valence-corrected chi connectivity index (χ0v) is 15.5. The van der Waals surface area contributed by atoms with Crippen molar-refractivity contribution in [1.82, 2.24) is 0 Å². The number of carbonyl (C=O) groups is 1. The van der Waals surface area contributed by atoms with Crippen LogP contribution in [0.4, 0.5) is 0 Å². The van der Waals surface area contributed by atoms with Crippen LogP contribution in [0.3, 0.4) is 0 Å². The number of aromatic hydroxyl groups is 3. The smallest absolute Gasteiger partial charge is 0.341 e. The lowest BCUT2D eigenvalue weighted by Crippen LogP contribution is -2.05. The molecule has 146 valence electrons. The highest BCUT2D eigenvalue weighted by Gasteiger charge is 2.12. The van der Waals surface area contributed by atoms with Crippen molar-refractivity contribution in [2.75, 3.05) is 13.2 Å². The topological polar surface area (TPSA) is 96.2 Å². The van der Waals surface area contributed by atoms with E-state index >= 15 is 0 Å². The summed E-state index contributed by atoms with van der Waals surface area (Å²) in [6.07, 6.45) is 4.42. The van der Waals surface area contributed by atoms with E-state index in [1.807, 2.05) is 6.07 Å². The summed E-state index contributed by atoms with van der Waals surface area (Å²) in [6.45, 7) is 2.47. The summed E-state index contributed by atoms with van der Waals surface area (Å²) in [5.41, 5.74) is 0.878. The van der Waals surface area contributed by atoms with Crippen molar-refractivity contribution in [1.29, 1.82) is 0 Å². The molecule has 0 aliphatic rings. The number of unbranched alkanes of at least 4 members (excludes halogenated alkanes) is 3. The van der Waals surface area contributed by atoms with E-state index in [1.54, 1.807) is 19.1 Å². The maximum atomic E-state index is 11.6. The number of hydrogen-bond acceptors (Lipinski definition) is 6. The van der Waals surface area contributed by atoms with Gasteiger partial charge < -0.3 is 24.8 Å². The number of phenols is 3. The van der Waals surface area contributed by atoms with Crippen LogP contribution in [-0.2, 0) is 11.2 Å². The van der Waals surface area contributed by atoms with E-state index in [1.165, 1.54) is 18.2 Å². The number of ether oxygens (including phenoxy) is 2. The molecule has 27 heavy (non-hydrogen) atoms. The molecule has 0 saturated carbocycles. The van der Waals surface area contributed by atoms with E-state index in [0.29, 0.717) is 18.8 Å². The van der Waals surface area contributed by atoms with Crippen LogP contribution in [0.2, 0.25) is 0 Å². The molecule has 6 heteroatoms. The Hall–Kier alpha value is -2.89. The van der Waals surface area contributed by atoms with Gasteiger partial charge in [-0.1, -0.05) is 25.0 Å². The molecule has 0 aromatic heterocycles. The quantitative estimate of drug-likeness (QED) is 0.328. The molecule has 2 aromatic carbocycles. The summed E-state index contributed by atoms with van der Waals surface area (Å²) >= 11 is 0. The monoisotopic (exact) mass is 374 g/mol. The van der Waals surface area contributed by atoms with Crippen molar-refractivity contribution < 1.29 is 29.6 Å². The van der Waals surface area contributed by atoms with Crippen LogP contribution in [0.25, 0.3) is 0 Å². The van der Waals surface area contributed by atoms with Crippen LogP contribution < -0.4 is 4.74 Å². The highest BCUT2D eigenvalue weighted by Crippen LogP contribution is 2.29. The SMILES string of the molecule is CCOC(=O)c1ccc(OCCCCCCc2cccc(O)c2O)cc1O. The van der Waals surface area contributed by atoms with Gasteiger partial charge in [-0.3, -0.25) is 0 Å². The van der Waals surface area contributed by atoms with E-state index in [2.05, 4.69) is 0 Å². The largest absolute Gasteiger partial charge is 0.507 e. The molecule has 0 fully saturated rings. The number of carbonyl (C=O) groups excluding carboxylic acids is 1. The number of esters is 1. The fraction of sp³-hybridized carbons (Fsp3) is 0.381. The Kier molecular flexibility index (Phi) is 7.79. The maximum Gasteiger partial charge on any atom is 0.341 e. The molecule has 0 aliphatic heterocycles. The van der Waals surface area contributed by atoms with E-state index in [4.69, 9.17) is 9.47 Å². The lowest BCUT2D eigenvalue weighted by atomic mass is 10.0. The third-order valence-corrected chi connectivity index (χ3v) is 4.17. The Morgan fingerprint density at radius 2 is 1.74 bits per heavy atom. The third-order valence-electron chi connectivity index (χ3n) is 4.17. The summed E-state index contributed by atoms with van der Waals surface area (Å²) in [5.74, 6) is -0.327. The molecule has 3 N–H and O–H groups in total. The minimum absolute atomic E-state index is 0.0353. The molecule has 0 unspecified atom stereocenters. The Bertz CT molecular complexity index is 756. The van der Waals surface area contributed by atoms with Crippen molar-refractivity contribution in [3.63, 3.8) is 0 Å². The maximum absolute atomic E-state index is 11.6. The van der Waals surface area contributed by atoms with Crippen molar-refractivity contribution in [3.8, 4) is 23.0 Å². The predicted octanol–water partition coefficient (Wildman–Crippen LogP) is 4.16. The Labute approximate surface area is 159 Å². The summed E-state index contributed by atoms with van der Waals surface area (Å²) in [6, 6.07) is 9.54. The van der Waals surface area contributed by atoms with Crippen LogP contribution in [0, 0.1) is 0 Å². The molecule has 0 amide bonds. The average Bonchev–Trinajstić information content (AvgIpc) is 2.64. The first-order valence-electron chi connectivity index (χ1n) is 9.15. The van der Waals surface area contributed by atoms with Crippen molar-refractivity contribution in [2.24, 2.45) is 0 Å². The Balaban J connectivity index is 1.66. The van der Waals surface area contributed by atoms with Crippen LogP contribution in [-0.4, -0.2) is 34.5 Å². The van der Waals surface area contributed by atoms with Gasteiger partial charge in [-0.05, 0) is 49.9 Å². The summed E-state index contributed by atoms with van der Waals surface area (Å²) in [4.78, 5) is 11.6. The van der Waals surface area contributed by atoms with E-state index in [0.717, 1.165) is 31.2 Å². The van der Waals surface area contributed by atoms with E-state index in [9.17, 15) is 20.1 Å². The standard InChI is InChI=1S/C21H26O6/c1-2-26-21(25)17-12-11-16(14-19(17)23)27-13-6-4-3-5-8-15-9-7-10-18(22)20(15)24/h7,9-12,14,22-24H,2-6,8,13H2,1H3. The number of hydrogen-bond donors (Lipinski definition) is 3. The molecule has 0 atom stereocenters. The second-order valence-electron chi connectivity index (χ2n) is 6.20. The minimum atomic E-state index is -0.556. The number of aryl methyl sites for hydroxylation is 1. The van der Waals surface area contributed by atoms with Gasteiger partial charge in [0.2, 0.25) is 0 Å². The van der Waals surface area contributed by atoms with Crippen molar-refractivity contribution in [2.45, 2.75) is 39.0 Å². The van der Waals surface area contributed by atoms with E-state index < -0.39 is 5.97 Å². The summed E-state index contributed by atoms with van der Waals surface area (Å²) in [5, 5.41) is 29.1. The van der Waals surface area contributed by atoms with Crippen molar-refractivity contribution >= 4 is 5.97 Å². The lowest BCUT2D eigenvalue weighted by molar-refractivity contribution is 0.0523. The fourth-order valence-electron chi connectivity index (χ4n) is 2.72. The number of phenolic OH excluding ortho intramolecular Hbond substituents is 3. The van der Waals surface area contributed by atoms with Gasteiger partial charge in [0.25, 0.3) is 0 Å². The van der Waals surface area contributed by atoms with Crippen LogP contribution >= 0.6 is 0 Å². The average molecular weight is 374 g/mol. The zero-order valence-electron chi connectivity index (χ0n) is 15.5. The number of para-hydroxylation sites is 1. The highest BCUT2D eigenvalue weighted by atomic mass is 16.5. The van der Waals surface area contributed by atoms with Crippen LogP contribution in [0.15, 0.2) is 36.4 Å². The molecule has 2 rings (SSSR count). The first-order valence-corrected chi connectivity index (χ1v) is 9.15. The molecular formula is C21H26O6. The third kappa shape index (κ3) is 6.09. The van der Waals surface area contributed by atoms with Gasteiger partial charge in [0.1, 0.15) is 17.1 Å². The van der Waals surface area contributed by atoms with Crippen LogP contribution in [0.1, 0.15) is 48.5 Å². The van der Waals surface area contributed by atoms with Gasteiger partial charge in [0.05, 0.1) is 13.2 Å². The zero-order chi connectivity index (χ0) is 19.6. The molecule has 0 saturated heterocycles. The van der Waals surface area contributed by atoms with Gasteiger partial charge >= 0.3 is 5.97 Å². The molecule has 0 bridgehead atoms. The van der Waals surface area contributed by atoms with Crippen LogP contribution in [0.5, 0.6) is 23.0 Å². The lowest BCUT2D eigenvalue weighted by Gasteiger charge is -2.09. The van der Waals surface area contributed by atoms with Crippen molar-refractivity contribution in [3.05, 3.63) is 47.5 Å². The second-order valence-corrected chi connectivity index (χ2v) is 6.20. The molecule has 6 nitrogen and oxygen atoms in total. The Morgan fingerprint density at radius 3 is 2.48 bits per heavy atom. The Morgan fingerprint density at radius 1 is 0.963 bits per heavy atom. The molecule has 0 heterocycles. The second kappa shape index (κ2) is 10.3. The van der Waals surface area contributed by atoms with Gasteiger partial charge in [-0.25, -0.2) is 4.79 Å². The van der Waals surface area contributed by atoms with Gasteiger partial charge in [-0.15, -0.1) is 0 Å². The predicted molar refractivity (Wildman–Crippen MR) is 102 cm³/mol. The molecule has 0 radical (unpaired) electrons. The highest BCUT2D eigenvalue weighted by molar-refractivity contribution is 5.92. The number of benzene rings is 2. The molecule has 0 spiro atoms. The molecule has 0 aliphatic carbocycles. The summed E-state index contributed by atoms with van der Waals surface area (Å²) in [7, 11) is 0.